The zero-order chi connectivity index (χ0) is 20.7. The van der Waals surface area contributed by atoms with E-state index in [1.54, 1.807) is 50.4 Å². The van der Waals surface area contributed by atoms with Gasteiger partial charge in [-0.1, -0.05) is 11.8 Å². The molecule has 152 valence electrons. The largest absolute Gasteiger partial charge is 0.497 e. The molecule has 0 spiro atoms. The van der Waals surface area contributed by atoms with Gasteiger partial charge in [0, 0.05) is 25.7 Å². The molecule has 2 aliphatic heterocycles. The predicted octanol–water partition coefficient (Wildman–Crippen LogP) is 1.62. The zero-order valence-electron chi connectivity index (χ0n) is 16.2. The molecular weight excluding hydrogens is 396 g/mol. The molecule has 2 aromatic rings. The monoisotopic (exact) mass is 416 g/mol. The minimum absolute atomic E-state index is 0.177. The van der Waals surface area contributed by atoms with E-state index in [1.165, 1.54) is 9.58 Å². The second-order valence-electron chi connectivity index (χ2n) is 6.79. The van der Waals surface area contributed by atoms with Crippen LogP contribution in [0.1, 0.15) is 10.5 Å². The fourth-order valence-corrected chi connectivity index (χ4v) is 4.25. The molecule has 4 rings (SSSR count). The van der Waals surface area contributed by atoms with Gasteiger partial charge < -0.3 is 14.4 Å². The summed E-state index contributed by atoms with van der Waals surface area (Å²) in [6.45, 7) is 0.666. The first kappa shape index (κ1) is 19.3. The van der Waals surface area contributed by atoms with E-state index in [0.717, 1.165) is 11.8 Å². The summed E-state index contributed by atoms with van der Waals surface area (Å²) in [6, 6.07) is 6.83. The minimum Gasteiger partial charge on any atom is -0.497 e. The summed E-state index contributed by atoms with van der Waals surface area (Å²) < 4.78 is 12.2. The number of imide groups is 1. The molecule has 0 bridgehead atoms. The Morgan fingerprint density at radius 1 is 1.17 bits per heavy atom. The Kier molecular flexibility index (Phi) is 4.95. The van der Waals surface area contributed by atoms with E-state index < -0.39 is 0 Å². The van der Waals surface area contributed by atoms with Gasteiger partial charge in [0.15, 0.2) is 0 Å². The topological polar surface area (TPSA) is 94.0 Å². The quantitative estimate of drug-likeness (QED) is 0.731. The Balaban J connectivity index is 1.53. The van der Waals surface area contributed by atoms with Crippen LogP contribution in [0.4, 0.5) is 4.79 Å². The van der Waals surface area contributed by atoms with Crippen LogP contribution in [0.5, 0.6) is 11.5 Å². The van der Waals surface area contributed by atoms with Crippen LogP contribution in [0.2, 0.25) is 0 Å². The zero-order valence-corrected chi connectivity index (χ0v) is 17.1. The van der Waals surface area contributed by atoms with E-state index in [4.69, 9.17) is 9.47 Å². The van der Waals surface area contributed by atoms with E-state index in [1.807, 2.05) is 0 Å². The Hall–Kier alpha value is -3.01. The van der Waals surface area contributed by atoms with Crippen molar-refractivity contribution in [3.05, 3.63) is 30.0 Å². The SMILES string of the molecule is COc1ccc(OC)c(-c2cc(C(=O)N3CC(N4C(=O)CSC4=O)C3)n(C)n2)c1. The summed E-state index contributed by atoms with van der Waals surface area (Å²) in [5.41, 5.74) is 1.72. The molecule has 2 saturated heterocycles. The molecule has 0 unspecified atom stereocenters. The van der Waals surface area contributed by atoms with Crippen molar-refractivity contribution in [2.75, 3.05) is 33.1 Å². The lowest BCUT2D eigenvalue weighted by Gasteiger charge is -2.42. The summed E-state index contributed by atoms with van der Waals surface area (Å²) in [5.74, 6) is 1.07. The Morgan fingerprint density at radius 3 is 2.55 bits per heavy atom. The number of benzene rings is 1. The van der Waals surface area contributed by atoms with Gasteiger partial charge in [-0.25, -0.2) is 0 Å². The molecular formula is C19H20N4O5S. The lowest BCUT2D eigenvalue weighted by Crippen LogP contribution is -2.62. The highest BCUT2D eigenvalue weighted by Gasteiger charge is 2.44. The Labute approximate surface area is 171 Å². The normalized spacial score (nSPS) is 16.9. The number of carbonyl (C=O) groups is 3. The molecule has 1 aromatic heterocycles. The number of ether oxygens (including phenoxy) is 2. The van der Waals surface area contributed by atoms with Gasteiger partial charge in [0.2, 0.25) is 5.91 Å². The minimum atomic E-state index is -0.250. The van der Waals surface area contributed by atoms with Crippen molar-refractivity contribution in [2.24, 2.45) is 7.05 Å². The number of aromatic nitrogens is 2. The van der Waals surface area contributed by atoms with Gasteiger partial charge in [-0.3, -0.25) is 24.0 Å². The summed E-state index contributed by atoms with van der Waals surface area (Å²) in [6.07, 6.45) is 0. The maximum atomic E-state index is 12.9. The fourth-order valence-electron chi connectivity index (χ4n) is 3.48. The third-order valence-corrected chi connectivity index (χ3v) is 5.92. The van der Waals surface area contributed by atoms with Crippen molar-refractivity contribution in [2.45, 2.75) is 6.04 Å². The van der Waals surface area contributed by atoms with Crippen molar-refractivity contribution in [3.8, 4) is 22.8 Å². The van der Waals surface area contributed by atoms with E-state index >= 15 is 0 Å². The van der Waals surface area contributed by atoms with Crippen LogP contribution in [0, 0.1) is 0 Å². The summed E-state index contributed by atoms with van der Waals surface area (Å²) in [4.78, 5) is 39.4. The number of amides is 3. The fraction of sp³-hybridized carbons (Fsp3) is 0.368. The summed E-state index contributed by atoms with van der Waals surface area (Å²) in [7, 11) is 4.85. The van der Waals surface area contributed by atoms with E-state index in [9.17, 15) is 14.4 Å². The molecule has 29 heavy (non-hydrogen) atoms. The number of nitrogens with zero attached hydrogens (tertiary/aromatic N) is 4. The number of aryl methyl sites for hydroxylation is 1. The highest BCUT2D eigenvalue weighted by Crippen LogP contribution is 2.33. The van der Waals surface area contributed by atoms with E-state index in [-0.39, 0.29) is 28.8 Å². The first-order valence-corrected chi connectivity index (χ1v) is 9.96. The van der Waals surface area contributed by atoms with E-state index in [2.05, 4.69) is 5.10 Å². The van der Waals surface area contributed by atoms with Gasteiger partial charge in [-0.15, -0.1) is 0 Å². The molecule has 0 N–H and O–H groups in total. The first-order chi connectivity index (χ1) is 13.9. The van der Waals surface area contributed by atoms with Crippen molar-refractivity contribution < 1.29 is 23.9 Å². The number of hydrogen-bond donors (Lipinski definition) is 0. The predicted molar refractivity (Wildman–Crippen MR) is 106 cm³/mol. The van der Waals surface area contributed by atoms with Crippen molar-refractivity contribution in [1.82, 2.24) is 19.6 Å². The van der Waals surface area contributed by atoms with Crippen LogP contribution >= 0.6 is 11.8 Å². The average molecular weight is 416 g/mol. The van der Waals surface area contributed by atoms with Crippen LogP contribution in [0.3, 0.4) is 0 Å². The molecule has 1 aromatic carbocycles. The molecule has 9 nitrogen and oxygen atoms in total. The number of carbonyl (C=O) groups excluding carboxylic acids is 3. The molecule has 0 aliphatic carbocycles. The Bertz CT molecular complexity index is 982. The van der Waals surface area contributed by atoms with Crippen LogP contribution in [0.15, 0.2) is 24.3 Å². The lowest BCUT2D eigenvalue weighted by atomic mass is 10.1. The van der Waals surface area contributed by atoms with Crippen molar-refractivity contribution in [3.63, 3.8) is 0 Å². The highest BCUT2D eigenvalue weighted by atomic mass is 32.2. The number of methoxy groups -OCH3 is 2. The second kappa shape index (κ2) is 7.43. The maximum Gasteiger partial charge on any atom is 0.289 e. The van der Waals surface area contributed by atoms with Gasteiger partial charge in [-0.2, -0.15) is 5.10 Å². The summed E-state index contributed by atoms with van der Waals surface area (Å²) in [5, 5.41) is 4.22. The van der Waals surface area contributed by atoms with Crippen molar-refractivity contribution in [1.29, 1.82) is 0 Å². The molecule has 3 heterocycles. The van der Waals surface area contributed by atoms with Crippen LogP contribution in [-0.4, -0.2) is 75.7 Å². The number of likely N-dealkylation sites (tertiary alicyclic amines) is 1. The van der Waals surface area contributed by atoms with Gasteiger partial charge in [0.05, 0.1) is 31.7 Å². The summed E-state index contributed by atoms with van der Waals surface area (Å²) >= 11 is 1.00. The maximum absolute atomic E-state index is 12.9. The third kappa shape index (κ3) is 3.33. The lowest BCUT2D eigenvalue weighted by molar-refractivity contribution is -0.128. The molecule has 2 fully saturated rings. The molecule has 3 amide bonds. The smallest absolute Gasteiger partial charge is 0.289 e. The molecule has 0 saturated carbocycles. The van der Waals surface area contributed by atoms with Crippen molar-refractivity contribution >= 4 is 28.8 Å². The molecule has 0 radical (unpaired) electrons. The standard InChI is InChI=1S/C19H20N4O5S/c1-21-15(7-14(20-21)13-6-12(27-2)4-5-16(13)28-3)18(25)22-8-11(9-22)23-17(24)10-29-19(23)26/h4-7,11H,8-10H2,1-3H3. The van der Waals surface area contributed by atoms with Crippen LogP contribution in [0.25, 0.3) is 11.3 Å². The number of hydrogen-bond acceptors (Lipinski definition) is 7. The van der Waals surface area contributed by atoms with Gasteiger partial charge in [0.25, 0.3) is 11.1 Å². The third-order valence-electron chi connectivity index (χ3n) is 5.08. The van der Waals surface area contributed by atoms with Gasteiger partial charge in [-0.05, 0) is 24.3 Å². The van der Waals surface area contributed by atoms with Gasteiger partial charge in [0.1, 0.15) is 17.2 Å². The number of thioether (sulfide) groups is 1. The Morgan fingerprint density at radius 2 is 1.93 bits per heavy atom. The first-order valence-electron chi connectivity index (χ1n) is 8.97. The molecule has 2 aliphatic rings. The molecule has 0 atom stereocenters. The van der Waals surface area contributed by atoms with Crippen LogP contribution < -0.4 is 9.47 Å². The van der Waals surface area contributed by atoms with Crippen LogP contribution in [-0.2, 0) is 11.8 Å². The molecule has 10 heteroatoms. The average Bonchev–Trinajstić information content (AvgIpc) is 3.23. The van der Waals surface area contributed by atoms with Gasteiger partial charge >= 0.3 is 0 Å². The van der Waals surface area contributed by atoms with E-state index in [0.29, 0.717) is 41.5 Å². The highest BCUT2D eigenvalue weighted by molar-refractivity contribution is 8.14. The number of rotatable bonds is 5. The second-order valence-corrected chi connectivity index (χ2v) is 7.71.